The molecule has 3 heterocycles. The second-order valence-electron chi connectivity index (χ2n) is 11.4. The molecule has 1 amide bonds. The maximum atomic E-state index is 13.1. The second kappa shape index (κ2) is 14.9. The third-order valence-electron chi connectivity index (χ3n) is 6.47. The molecule has 1 aromatic heterocycles. The van der Waals surface area contributed by atoms with E-state index < -0.39 is 18.8 Å². The Morgan fingerprint density at radius 2 is 1.66 bits per heavy atom. The van der Waals surface area contributed by atoms with Gasteiger partial charge in [-0.15, -0.1) is 0 Å². The summed E-state index contributed by atoms with van der Waals surface area (Å²) in [4.78, 5) is 25.4. The van der Waals surface area contributed by atoms with Crippen LogP contribution in [0, 0.1) is 0 Å². The Balaban J connectivity index is 1.60. The van der Waals surface area contributed by atoms with E-state index in [0.717, 1.165) is 43.5 Å². The fourth-order valence-electron chi connectivity index (χ4n) is 4.15. The molecular weight excluding hydrogens is 579 g/mol. The molecule has 0 fully saturated rings. The van der Waals surface area contributed by atoms with Crippen molar-refractivity contribution < 1.29 is 36.7 Å². The molecule has 0 aliphatic carbocycles. The Hall–Kier alpha value is -4.33. The maximum Gasteiger partial charge on any atom is 0.422 e. The van der Waals surface area contributed by atoms with Crippen molar-refractivity contribution in [3.63, 3.8) is 0 Å². The topological polar surface area (TPSA) is 120 Å². The first-order valence-corrected chi connectivity index (χ1v) is 14.5. The van der Waals surface area contributed by atoms with Gasteiger partial charge in [-0.3, -0.25) is 4.79 Å². The number of nitrogens with zero attached hydrogens (tertiary/aromatic N) is 4. The highest BCUT2D eigenvalue weighted by Crippen LogP contribution is 2.27. The van der Waals surface area contributed by atoms with Crippen LogP contribution in [-0.4, -0.2) is 85.6 Å². The molecule has 0 unspecified atom stereocenters. The van der Waals surface area contributed by atoms with E-state index in [0.29, 0.717) is 47.8 Å². The number of nitrogens with one attached hydrogen (secondary N) is 3. The molecule has 2 aliphatic heterocycles. The molecule has 3 N–H and O–H groups in total. The van der Waals surface area contributed by atoms with E-state index in [1.54, 1.807) is 18.2 Å². The molecular formula is C30H39F3N7O4+. The first kappa shape index (κ1) is 32.6. The monoisotopic (exact) mass is 618 g/mol. The molecule has 2 aliphatic rings. The van der Waals surface area contributed by atoms with Gasteiger partial charge in [-0.1, -0.05) is 12.1 Å². The summed E-state index contributed by atoms with van der Waals surface area (Å²) in [7, 11) is 6.12. The van der Waals surface area contributed by atoms with Gasteiger partial charge in [0.1, 0.15) is 11.5 Å². The van der Waals surface area contributed by atoms with Crippen LogP contribution in [0.25, 0.3) is 0 Å². The normalized spacial score (nSPS) is 14.6. The Kier molecular flexibility index (Phi) is 11.0. The van der Waals surface area contributed by atoms with Crippen LogP contribution in [-0.2, 0) is 6.54 Å². The lowest BCUT2D eigenvalue weighted by molar-refractivity contribution is -0.869. The molecule has 44 heavy (non-hydrogen) atoms. The Bertz CT molecular complexity index is 1380. The molecule has 238 valence electrons. The molecule has 0 saturated heterocycles. The highest BCUT2D eigenvalue weighted by Gasteiger charge is 2.29. The van der Waals surface area contributed by atoms with Gasteiger partial charge < -0.3 is 34.6 Å². The molecule has 2 aromatic carbocycles. The number of ether oxygens (including phenoxy) is 3. The zero-order chi connectivity index (χ0) is 31.6. The maximum absolute atomic E-state index is 13.1. The van der Waals surface area contributed by atoms with Crippen molar-refractivity contribution >= 4 is 23.5 Å². The van der Waals surface area contributed by atoms with Crippen LogP contribution in [0.4, 0.5) is 30.8 Å². The van der Waals surface area contributed by atoms with Crippen molar-refractivity contribution in [1.82, 2.24) is 20.3 Å². The molecule has 11 nitrogen and oxygen atoms in total. The summed E-state index contributed by atoms with van der Waals surface area (Å²) in [5, 5.41) is 8.93. The molecule has 0 saturated carbocycles. The van der Waals surface area contributed by atoms with Gasteiger partial charge in [0.15, 0.2) is 6.61 Å². The lowest BCUT2D eigenvalue weighted by Gasteiger charge is -2.24. The van der Waals surface area contributed by atoms with E-state index >= 15 is 0 Å². The van der Waals surface area contributed by atoms with E-state index in [9.17, 15) is 18.0 Å². The van der Waals surface area contributed by atoms with Crippen LogP contribution < -0.4 is 30.2 Å². The molecule has 0 radical (unpaired) electrons. The van der Waals surface area contributed by atoms with E-state index in [2.05, 4.69) is 30.9 Å². The smallest absolute Gasteiger partial charge is 0.422 e. The van der Waals surface area contributed by atoms with Crippen molar-refractivity contribution in [1.29, 1.82) is 0 Å². The van der Waals surface area contributed by atoms with Crippen molar-refractivity contribution in [2.75, 3.05) is 64.7 Å². The number of benzene rings is 2. The third-order valence-corrected chi connectivity index (χ3v) is 6.47. The standard InChI is InChI=1S/C30H38F3N7O4/c1-40(2,3)15-14-34-26(41)24-13-10-22-18-25(24)43-17-7-5-4-6-16-42-23-11-8-21(9-12-23)19-35-27-37-28(36-22)39-29(38-27)44-20-30(31,32)33/h8-13,18H,4-7,14-17,19-20H2,1-3H3,(H2-,34,35,36,37,38,39,41)/p+1. The number of carbonyl (C=O) groups excluding carboxylic acids is 1. The van der Waals surface area contributed by atoms with Crippen LogP contribution in [0.3, 0.4) is 0 Å². The zero-order valence-electron chi connectivity index (χ0n) is 25.2. The van der Waals surface area contributed by atoms with Crippen LogP contribution in [0.2, 0.25) is 0 Å². The van der Waals surface area contributed by atoms with Gasteiger partial charge in [-0.2, -0.15) is 28.1 Å². The van der Waals surface area contributed by atoms with E-state index in [-0.39, 0.29) is 17.8 Å². The second-order valence-corrected chi connectivity index (χ2v) is 11.4. The number of alkyl halides is 3. The van der Waals surface area contributed by atoms with Crippen LogP contribution in [0.1, 0.15) is 41.6 Å². The van der Waals surface area contributed by atoms with Crippen molar-refractivity contribution in [2.45, 2.75) is 38.4 Å². The number of quaternary nitrogens is 1. The zero-order valence-corrected chi connectivity index (χ0v) is 25.2. The Morgan fingerprint density at radius 1 is 0.955 bits per heavy atom. The number of amides is 1. The van der Waals surface area contributed by atoms with Gasteiger partial charge in [0.05, 0.1) is 53.0 Å². The minimum Gasteiger partial charge on any atom is -0.494 e. The average Bonchev–Trinajstić information content (AvgIpc) is 2.95. The number of carbonyl (C=O) groups is 1. The SMILES string of the molecule is C[N+](C)(C)CCNC(=O)c1ccc2cc1OCCCCCCOc1ccc(cc1)CNc1nc(nc(OCC(F)(F)F)n1)N2. The fraction of sp³-hybridized carbons (Fsp3) is 0.467. The molecule has 6 bridgehead atoms. The summed E-state index contributed by atoms with van der Waals surface area (Å²) in [6.07, 6.45) is -1.03. The van der Waals surface area contributed by atoms with Crippen LogP contribution in [0.15, 0.2) is 42.5 Å². The minimum absolute atomic E-state index is 0.00983. The number of halogens is 3. The van der Waals surface area contributed by atoms with Gasteiger partial charge in [0, 0.05) is 18.3 Å². The van der Waals surface area contributed by atoms with Crippen LogP contribution >= 0.6 is 0 Å². The Morgan fingerprint density at radius 3 is 2.36 bits per heavy atom. The number of aromatic nitrogens is 3. The number of hydrogen-bond acceptors (Lipinski definition) is 9. The fourth-order valence-corrected chi connectivity index (χ4v) is 4.15. The average molecular weight is 619 g/mol. The van der Waals surface area contributed by atoms with E-state index in [4.69, 9.17) is 14.2 Å². The van der Waals surface area contributed by atoms with E-state index in [1.165, 1.54) is 0 Å². The summed E-state index contributed by atoms with van der Waals surface area (Å²) in [6.45, 7) is 0.919. The Labute approximate surface area is 254 Å². The first-order chi connectivity index (χ1) is 20.9. The van der Waals surface area contributed by atoms with Gasteiger partial charge in [-0.05, 0) is 55.5 Å². The molecule has 5 rings (SSSR count). The highest BCUT2D eigenvalue weighted by atomic mass is 19.4. The quantitative estimate of drug-likeness (QED) is 0.330. The first-order valence-electron chi connectivity index (χ1n) is 14.5. The van der Waals surface area contributed by atoms with Gasteiger partial charge >= 0.3 is 12.2 Å². The lowest BCUT2D eigenvalue weighted by Crippen LogP contribution is -2.41. The van der Waals surface area contributed by atoms with Crippen LogP contribution in [0.5, 0.6) is 17.5 Å². The van der Waals surface area contributed by atoms with E-state index in [1.807, 2.05) is 45.4 Å². The highest BCUT2D eigenvalue weighted by molar-refractivity contribution is 5.97. The predicted octanol–water partition coefficient (Wildman–Crippen LogP) is 4.94. The number of hydrogen-bond donors (Lipinski definition) is 3. The molecule has 14 heteroatoms. The molecule has 0 spiro atoms. The number of rotatable bonds is 6. The van der Waals surface area contributed by atoms with Crippen molar-refractivity contribution in [3.8, 4) is 17.5 Å². The predicted molar refractivity (Wildman–Crippen MR) is 160 cm³/mol. The number of anilines is 3. The third kappa shape index (κ3) is 11.1. The minimum atomic E-state index is -4.58. The largest absolute Gasteiger partial charge is 0.494 e. The summed E-state index contributed by atoms with van der Waals surface area (Å²) < 4.78 is 56.1. The molecule has 0 atom stereocenters. The number of likely N-dealkylation sites (N-methyl/N-ethyl adjacent to an activating group) is 1. The van der Waals surface area contributed by atoms with Crippen molar-refractivity contribution in [3.05, 3.63) is 53.6 Å². The summed E-state index contributed by atoms with van der Waals surface area (Å²) in [6, 6.07) is 11.9. The lowest BCUT2D eigenvalue weighted by atomic mass is 10.1. The number of fused-ring (bicyclic) bond motifs is 10. The molecule has 3 aromatic rings. The summed E-state index contributed by atoms with van der Waals surface area (Å²) in [5.74, 6) is 0.776. The van der Waals surface area contributed by atoms with Gasteiger partial charge in [-0.25, -0.2) is 0 Å². The van der Waals surface area contributed by atoms with Gasteiger partial charge in [0.25, 0.3) is 5.91 Å². The summed E-state index contributed by atoms with van der Waals surface area (Å²) in [5.41, 5.74) is 1.70. The van der Waals surface area contributed by atoms with Crippen molar-refractivity contribution in [2.24, 2.45) is 0 Å². The van der Waals surface area contributed by atoms with Gasteiger partial charge in [0.2, 0.25) is 11.9 Å². The summed E-state index contributed by atoms with van der Waals surface area (Å²) >= 11 is 0.